The molecule has 11 rings (SSSR count). The average Bonchev–Trinajstić information content (AvgIpc) is 3.84. The van der Waals surface area contributed by atoms with Crippen LogP contribution in [0.15, 0.2) is 199 Å². The van der Waals surface area contributed by atoms with Crippen molar-refractivity contribution in [2.75, 3.05) is 4.90 Å². The molecular formula is C51H32N2OS. The van der Waals surface area contributed by atoms with Gasteiger partial charge < -0.3 is 9.32 Å². The number of benzene rings is 9. The largest absolute Gasteiger partial charge is 0.454 e. The van der Waals surface area contributed by atoms with Crippen LogP contribution in [-0.4, -0.2) is 4.98 Å². The zero-order valence-electron chi connectivity index (χ0n) is 29.7. The minimum absolute atomic E-state index is 0.842. The Balaban J connectivity index is 1.06. The fourth-order valence-electron chi connectivity index (χ4n) is 8.05. The van der Waals surface area contributed by atoms with Gasteiger partial charge in [0.25, 0.3) is 0 Å². The lowest BCUT2D eigenvalue weighted by Crippen LogP contribution is -2.10. The fraction of sp³-hybridized carbons (Fsp3) is 0. The van der Waals surface area contributed by atoms with Gasteiger partial charge in [-0.15, -0.1) is 11.3 Å². The van der Waals surface area contributed by atoms with Gasteiger partial charge in [-0.25, -0.2) is 4.98 Å². The van der Waals surface area contributed by atoms with Gasteiger partial charge in [-0.1, -0.05) is 152 Å². The molecule has 0 aliphatic carbocycles. The summed E-state index contributed by atoms with van der Waals surface area (Å²) in [6, 6.07) is 69.2. The van der Waals surface area contributed by atoms with Gasteiger partial charge in [-0.2, -0.15) is 0 Å². The van der Waals surface area contributed by atoms with Crippen LogP contribution in [0.2, 0.25) is 0 Å². The number of hydrogen-bond acceptors (Lipinski definition) is 4. The molecule has 55 heavy (non-hydrogen) atoms. The number of furan rings is 1. The van der Waals surface area contributed by atoms with Crippen LogP contribution >= 0.6 is 11.3 Å². The molecule has 0 aliphatic rings. The van der Waals surface area contributed by atoms with Crippen molar-refractivity contribution < 1.29 is 4.42 Å². The van der Waals surface area contributed by atoms with Gasteiger partial charge in [0.1, 0.15) is 10.6 Å². The summed E-state index contributed by atoms with van der Waals surface area (Å²) < 4.78 is 7.96. The molecule has 0 N–H and O–H groups in total. The number of rotatable bonds is 6. The van der Waals surface area contributed by atoms with E-state index in [1.165, 1.54) is 43.8 Å². The van der Waals surface area contributed by atoms with Crippen molar-refractivity contribution >= 4 is 82.1 Å². The Morgan fingerprint density at radius 3 is 1.62 bits per heavy atom. The number of aromatic nitrogens is 1. The summed E-state index contributed by atoms with van der Waals surface area (Å²) in [5.41, 5.74) is 11.7. The molecule has 0 fully saturated rings. The number of anilines is 3. The molecule has 2 aromatic heterocycles. The van der Waals surface area contributed by atoms with Gasteiger partial charge in [-0.3, -0.25) is 0 Å². The lowest BCUT2D eigenvalue weighted by atomic mass is 9.97. The van der Waals surface area contributed by atoms with Crippen molar-refractivity contribution in [3.8, 4) is 32.8 Å². The molecule has 0 radical (unpaired) electrons. The maximum Gasteiger partial charge on any atom is 0.159 e. The lowest BCUT2D eigenvalue weighted by Gasteiger charge is -2.26. The van der Waals surface area contributed by atoms with E-state index in [-0.39, 0.29) is 0 Å². The van der Waals surface area contributed by atoms with Gasteiger partial charge in [0.05, 0.1) is 15.9 Å². The molecular weight excluding hydrogens is 689 g/mol. The third kappa shape index (κ3) is 5.38. The van der Waals surface area contributed by atoms with Crippen LogP contribution in [0.3, 0.4) is 0 Å². The molecule has 0 unspecified atom stereocenters. The maximum absolute atomic E-state index is 6.85. The zero-order chi connectivity index (χ0) is 36.3. The summed E-state index contributed by atoms with van der Waals surface area (Å²) in [4.78, 5) is 7.36. The topological polar surface area (TPSA) is 29.3 Å². The van der Waals surface area contributed by atoms with Crippen LogP contribution in [0.1, 0.15) is 0 Å². The standard InChI is InChI=1S/C51H32N2OS/c1-2-13-37(14-3-1)51-52-46-31-45-44-21-10-22-47(50(44)54-48(45)32-49(46)55-51)53(38-27-23-35(24-28-38)42-19-8-15-33-11-4-6-17-40(33)42)39-29-25-36(26-30-39)43-20-9-16-34-12-5-7-18-41(34)43/h1-32H. The molecule has 0 saturated carbocycles. The minimum Gasteiger partial charge on any atom is -0.454 e. The first-order valence-corrected chi connectivity index (χ1v) is 19.3. The van der Waals surface area contributed by atoms with Crippen molar-refractivity contribution in [2.45, 2.75) is 0 Å². The van der Waals surface area contributed by atoms with Gasteiger partial charge in [-0.05, 0) is 80.2 Å². The molecule has 0 aliphatic heterocycles. The summed E-state index contributed by atoms with van der Waals surface area (Å²) >= 11 is 1.70. The Labute approximate surface area is 322 Å². The predicted octanol–water partition coefficient (Wildman–Crippen LogP) is 15.0. The quantitative estimate of drug-likeness (QED) is 0.171. The van der Waals surface area contributed by atoms with Crippen molar-refractivity contribution in [1.29, 1.82) is 0 Å². The molecule has 3 nitrogen and oxygen atoms in total. The number of thiazole rings is 1. The van der Waals surface area contributed by atoms with Gasteiger partial charge in [0, 0.05) is 33.8 Å². The van der Waals surface area contributed by atoms with Crippen molar-refractivity contribution in [2.24, 2.45) is 0 Å². The molecule has 0 atom stereocenters. The third-order valence-electron chi connectivity index (χ3n) is 10.7. The summed E-state index contributed by atoms with van der Waals surface area (Å²) in [5, 5.41) is 8.10. The Hall–Kier alpha value is -7.01. The number of nitrogens with zero attached hydrogens (tertiary/aromatic N) is 2. The minimum atomic E-state index is 0.842. The van der Waals surface area contributed by atoms with Gasteiger partial charge in [0.2, 0.25) is 0 Å². The Kier molecular flexibility index (Phi) is 7.35. The van der Waals surface area contributed by atoms with Crippen molar-refractivity contribution in [3.63, 3.8) is 0 Å². The molecule has 9 aromatic carbocycles. The normalized spacial score (nSPS) is 11.6. The van der Waals surface area contributed by atoms with Crippen LogP contribution in [0.4, 0.5) is 17.1 Å². The second kappa shape index (κ2) is 12.8. The van der Waals surface area contributed by atoms with E-state index in [4.69, 9.17) is 9.40 Å². The summed E-state index contributed by atoms with van der Waals surface area (Å²) in [6.07, 6.45) is 0. The van der Waals surface area contributed by atoms with Crippen LogP contribution in [0.5, 0.6) is 0 Å². The molecule has 11 aromatic rings. The SMILES string of the molecule is c1ccc(-c2nc3cc4c(cc3s2)oc2c(N(c3ccc(-c5cccc6ccccc56)cc3)c3ccc(-c5cccc6ccccc56)cc3)cccc24)cc1. The molecule has 0 bridgehead atoms. The third-order valence-corrected chi connectivity index (χ3v) is 11.8. The van der Waals surface area contributed by atoms with E-state index >= 15 is 0 Å². The van der Waals surface area contributed by atoms with Crippen LogP contribution in [0, 0.1) is 0 Å². The Bertz CT molecular complexity index is 3060. The first-order chi connectivity index (χ1) is 27.2. The molecule has 4 heteroatoms. The summed E-state index contributed by atoms with van der Waals surface area (Å²) in [5.74, 6) is 0. The predicted molar refractivity (Wildman–Crippen MR) is 233 cm³/mol. The maximum atomic E-state index is 6.85. The monoisotopic (exact) mass is 720 g/mol. The molecule has 2 heterocycles. The van der Waals surface area contributed by atoms with Gasteiger partial charge in [0.15, 0.2) is 5.58 Å². The second-order valence-electron chi connectivity index (χ2n) is 13.9. The molecule has 0 amide bonds. The van der Waals surface area contributed by atoms with Crippen LogP contribution < -0.4 is 4.90 Å². The molecule has 258 valence electrons. The highest BCUT2D eigenvalue weighted by atomic mass is 32.1. The van der Waals surface area contributed by atoms with E-state index in [1.54, 1.807) is 11.3 Å². The molecule has 0 saturated heterocycles. The smallest absolute Gasteiger partial charge is 0.159 e. The first kappa shape index (κ1) is 31.5. The van der Waals surface area contributed by atoms with Crippen molar-refractivity contribution in [1.82, 2.24) is 4.98 Å². The zero-order valence-corrected chi connectivity index (χ0v) is 30.5. The average molecular weight is 721 g/mol. The Morgan fingerprint density at radius 2 is 0.982 bits per heavy atom. The highest BCUT2D eigenvalue weighted by molar-refractivity contribution is 7.21. The van der Waals surface area contributed by atoms with Crippen LogP contribution in [0.25, 0.3) is 86.5 Å². The van der Waals surface area contributed by atoms with E-state index in [2.05, 4.69) is 193 Å². The summed E-state index contributed by atoms with van der Waals surface area (Å²) in [6.45, 7) is 0. The van der Waals surface area contributed by atoms with Crippen molar-refractivity contribution in [3.05, 3.63) is 194 Å². The highest BCUT2D eigenvalue weighted by Gasteiger charge is 2.21. The lowest BCUT2D eigenvalue weighted by molar-refractivity contribution is 0.669. The number of para-hydroxylation sites is 1. The van der Waals surface area contributed by atoms with E-state index < -0.39 is 0 Å². The summed E-state index contributed by atoms with van der Waals surface area (Å²) in [7, 11) is 0. The second-order valence-corrected chi connectivity index (χ2v) is 15.0. The number of hydrogen-bond donors (Lipinski definition) is 0. The molecule has 0 spiro atoms. The fourth-order valence-corrected chi connectivity index (χ4v) is 9.03. The Morgan fingerprint density at radius 1 is 0.436 bits per heavy atom. The number of fused-ring (bicyclic) bond motifs is 6. The van der Waals surface area contributed by atoms with Gasteiger partial charge >= 0.3 is 0 Å². The van der Waals surface area contributed by atoms with Crippen LogP contribution in [-0.2, 0) is 0 Å². The van der Waals surface area contributed by atoms with E-state index in [0.717, 1.165) is 59.8 Å². The first-order valence-electron chi connectivity index (χ1n) is 18.5. The van der Waals surface area contributed by atoms with E-state index in [1.807, 2.05) is 6.07 Å². The highest BCUT2D eigenvalue weighted by Crippen LogP contribution is 2.45. The van der Waals surface area contributed by atoms with E-state index in [9.17, 15) is 0 Å². The van der Waals surface area contributed by atoms with E-state index in [0.29, 0.717) is 0 Å².